The van der Waals surface area contributed by atoms with Gasteiger partial charge >= 0.3 is 0 Å². The van der Waals surface area contributed by atoms with E-state index in [1.165, 1.54) is 18.4 Å². The van der Waals surface area contributed by atoms with E-state index in [0.29, 0.717) is 25.3 Å². The lowest BCUT2D eigenvalue weighted by molar-refractivity contribution is 0.0943. The Balaban J connectivity index is 1.54. The largest absolute Gasteiger partial charge is 0.486 e. The predicted octanol–water partition coefficient (Wildman–Crippen LogP) is 2.43. The van der Waals surface area contributed by atoms with Crippen LogP contribution in [-0.2, 0) is 12.5 Å². The van der Waals surface area contributed by atoms with E-state index in [1.54, 1.807) is 17.1 Å². The van der Waals surface area contributed by atoms with Crippen molar-refractivity contribution in [2.24, 2.45) is 7.05 Å². The van der Waals surface area contributed by atoms with Gasteiger partial charge in [-0.1, -0.05) is 18.9 Å². The maximum atomic E-state index is 12.4. The fourth-order valence-electron chi connectivity index (χ4n) is 3.88. The molecule has 1 N–H and O–H groups in total. The molecule has 1 fully saturated rings. The van der Waals surface area contributed by atoms with E-state index < -0.39 is 0 Å². The zero-order valence-corrected chi connectivity index (χ0v) is 14.5. The van der Waals surface area contributed by atoms with Crippen LogP contribution in [0.15, 0.2) is 30.6 Å². The summed E-state index contributed by atoms with van der Waals surface area (Å²) < 4.78 is 13.0. The molecule has 0 radical (unpaired) electrons. The molecule has 2 heterocycles. The average Bonchev–Trinajstić information content (AvgIpc) is 3.29. The Morgan fingerprint density at radius 3 is 2.72 bits per heavy atom. The van der Waals surface area contributed by atoms with Crippen LogP contribution in [0.3, 0.4) is 0 Å². The van der Waals surface area contributed by atoms with Crippen LogP contribution >= 0.6 is 0 Å². The van der Waals surface area contributed by atoms with Crippen LogP contribution in [-0.4, -0.2) is 35.4 Å². The van der Waals surface area contributed by atoms with Gasteiger partial charge in [-0.2, -0.15) is 5.10 Å². The van der Waals surface area contributed by atoms with Crippen molar-refractivity contribution in [3.63, 3.8) is 0 Å². The molecule has 0 unspecified atom stereocenters. The molecule has 1 amide bonds. The van der Waals surface area contributed by atoms with Gasteiger partial charge in [-0.05, 0) is 30.5 Å². The SMILES string of the molecule is Cn1cc(C(=O)NCC2(c3ccc4c(c3)OCCO4)CCCC2)cn1. The van der Waals surface area contributed by atoms with Gasteiger partial charge in [0.2, 0.25) is 0 Å². The van der Waals surface area contributed by atoms with Crippen LogP contribution in [0, 0.1) is 0 Å². The van der Waals surface area contributed by atoms with E-state index in [0.717, 1.165) is 24.3 Å². The van der Waals surface area contributed by atoms with Gasteiger partial charge in [0.15, 0.2) is 11.5 Å². The topological polar surface area (TPSA) is 65.4 Å². The quantitative estimate of drug-likeness (QED) is 0.928. The van der Waals surface area contributed by atoms with Gasteiger partial charge < -0.3 is 14.8 Å². The molecule has 0 spiro atoms. The van der Waals surface area contributed by atoms with Crippen molar-refractivity contribution in [3.05, 3.63) is 41.7 Å². The molecule has 0 saturated heterocycles. The molecule has 1 saturated carbocycles. The molecule has 132 valence electrons. The smallest absolute Gasteiger partial charge is 0.254 e. The van der Waals surface area contributed by atoms with Crippen molar-refractivity contribution in [3.8, 4) is 11.5 Å². The second-order valence-electron chi connectivity index (χ2n) is 6.93. The number of hydrogen-bond donors (Lipinski definition) is 1. The van der Waals surface area contributed by atoms with Gasteiger partial charge in [0, 0.05) is 25.2 Å². The van der Waals surface area contributed by atoms with E-state index in [2.05, 4.69) is 22.5 Å². The number of nitrogens with zero attached hydrogens (tertiary/aromatic N) is 2. The lowest BCUT2D eigenvalue weighted by atomic mass is 9.78. The highest BCUT2D eigenvalue weighted by molar-refractivity contribution is 5.93. The summed E-state index contributed by atoms with van der Waals surface area (Å²) in [4.78, 5) is 12.4. The first-order valence-electron chi connectivity index (χ1n) is 8.83. The number of carbonyl (C=O) groups excluding carboxylic acids is 1. The number of aromatic nitrogens is 2. The van der Waals surface area contributed by atoms with Crippen molar-refractivity contribution in [1.82, 2.24) is 15.1 Å². The molecule has 2 aliphatic rings. The van der Waals surface area contributed by atoms with Gasteiger partial charge in [0.25, 0.3) is 5.91 Å². The number of benzene rings is 1. The number of nitrogens with one attached hydrogen (secondary N) is 1. The maximum Gasteiger partial charge on any atom is 0.254 e. The maximum absolute atomic E-state index is 12.4. The molecule has 6 heteroatoms. The van der Waals surface area contributed by atoms with Crippen LogP contribution in [0.1, 0.15) is 41.6 Å². The number of amides is 1. The van der Waals surface area contributed by atoms with Crippen molar-refractivity contribution in [2.45, 2.75) is 31.1 Å². The summed E-state index contributed by atoms with van der Waals surface area (Å²) >= 11 is 0. The first-order valence-corrected chi connectivity index (χ1v) is 8.83. The normalized spacial score (nSPS) is 18.1. The monoisotopic (exact) mass is 341 g/mol. The summed E-state index contributed by atoms with van der Waals surface area (Å²) in [7, 11) is 1.81. The Morgan fingerprint density at radius 1 is 1.24 bits per heavy atom. The van der Waals surface area contributed by atoms with Crippen LogP contribution in [0.25, 0.3) is 0 Å². The molecule has 1 aromatic carbocycles. The highest BCUT2D eigenvalue weighted by Gasteiger charge is 2.37. The highest BCUT2D eigenvalue weighted by Crippen LogP contribution is 2.43. The molecule has 25 heavy (non-hydrogen) atoms. The van der Waals surface area contributed by atoms with Gasteiger partial charge in [-0.15, -0.1) is 0 Å². The minimum Gasteiger partial charge on any atom is -0.486 e. The Hall–Kier alpha value is -2.50. The van der Waals surface area contributed by atoms with E-state index in [1.807, 2.05) is 13.1 Å². The van der Waals surface area contributed by atoms with Gasteiger partial charge in [-0.25, -0.2) is 0 Å². The molecule has 0 atom stereocenters. The van der Waals surface area contributed by atoms with E-state index in [-0.39, 0.29) is 11.3 Å². The Labute approximate surface area is 147 Å². The Morgan fingerprint density at radius 2 is 2.00 bits per heavy atom. The molecular weight excluding hydrogens is 318 g/mol. The first-order chi connectivity index (χ1) is 12.2. The summed E-state index contributed by atoms with van der Waals surface area (Å²) in [5.74, 6) is 1.55. The molecule has 6 nitrogen and oxygen atoms in total. The zero-order chi connectivity index (χ0) is 17.3. The molecular formula is C19H23N3O3. The first kappa shape index (κ1) is 16.0. The minimum absolute atomic E-state index is 0.0340. The molecule has 2 aromatic rings. The lowest BCUT2D eigenvalue weighted by Gasteiger charge is -2.31. The summed E-state index contributed by atoms with van der Waals surface area (Å²) in [5.41, 5.74) is 1.78. The van der Waals surface area contributed by atoms with Crippen LogP contribution in [0.4, 0.5) is 0 Å². The van der Waals surface area contributed by atoms with E-state index >= 15 is 0 Å². The van der Waals surface area contributed by atoms with Crippen LogP contribution < -0.4 is 14.8 Å². The van der Waals surface area contributed by atoms with Crippen molar-refractivity contribution in [2.75, 3.05) is 19.8 Å². The molecule has 1 aliphatic heterocycles. The third-order valence-corrected chi connectivity index (χ3v) is 5.27. The average molecular weight is 341 g/mol. The summed E-state index contributed by atoms with van der Waals surface area (Å²) in [5, 5.41) is 7.18. The Bertz CT molecular complexity index is 778. The number of rotatable bonds is 4. The summed E-state index contributed by atoms with van der Waals surface area (Å²) in [6.45, 7) is 1.81. The fraction of sp³-hybridized carbons (Fsp3) is 0.474. The highest BCUT2D eigenvalue weighted by atomic mass is 16.6. The fourth-order valence-corrected chi connectivity index (χ4v) is 3.88. The molecule has 1 aromatic heterocycles. The minimum atomic E-state index is -0.0723. The molecule has 0 bridgehead atoms. The number of aryl methyl sites for hydroxylation is 1. The standard InChI is InChI=1S/C19H23N3O3/c1-22-12-14(11-21-22)18(23)20-13-19(6-2-3-7-19)15-4-5-16-17(10-15)25-9-8-24-16/h4-5,10-12H,2-3,6-9,13H2,1H3,(H,20,23). The number of hydrogen-bond acceptors (Lipinski definition) is 4. The van der Waals surface area contributed by atoms with E-state index in [9.17, 15) is 4.79 Å². The lowest BCUT2D eigenvalue weighted by Crippen LogP contribution is -2.39. The van der Waals surface area contributed by atoms with Crippen molar-refractivity contribution >= 4 is 5.91 Å². The number of carbonyl (C=O) groups is 1. The second-order valence-corrected chi connectivity index (χ2v) is 6.93. The molecule has 4 rings (SSSR count). The summed E-state index contributed by atoms with van der Waals surface area (Å²) in [6, 6.07) is 6.21. The van der Waals surface area contributed by atoms with Gasteiger partial charge in [0.1, 0.15) is 13.2 Å². The number of fused-ring (bicyclic) bond motifs is 1. The molecule has 1 aliphatic carbocycles. The predicted molar refractivity (Wildman–Crippen MR) is 93.1 cm³/mol. The van der Waals surface area contributed by atoms with Crippen molar-refractivity contribution in [1.29, 1.82) is 0 Å². The third-order valence-electron chi connectivity index (χ3n) is 5.27. The van der Waals surface area contributed by atoms with Gasteiger partial charge in [0.05, 0.1) is 11.8 Å². The zero-order valence-electron chi connectivity index (χ0n) is 14.5. The van der Waals surface area contributed by atoms with E-state index in [4.69, 9.17) is 9.47 Å². The Kier molecular flexibility index (Phi) is 4.11. The second kappa shape index (κ2) is 6.43. The van der Waals surface area contributed by atoms with Gasteiger partial charge in [-0.3, -0.25) is 9.48 Å². The number of ether oxygens (including phenoxy) is 2. The van der Waals surface area contributed by atoms with Crippen LogP contribution in [0.5, 0.6) is 11.5 Å². The van der Waals surface area contributed by atoms with Crippen LogP contribution in [0.2, 0.25) is 0 Å². The van der Waals surface area contributed by atoms with Crippen molar-refractivity contribution < 1.29 is 14.3 Å². The summed E-state index contributed by atoms with van der Waals surface area (Å²) in [6.07, 6.45) is 7.83. The third kappa shape index (κ3) is 3.08.